The molecule has 5 nitrogen and oxygen atoms in total. The van der Waals surface area contributed by atoms with Gasteiger partial charge in [0.1, 0.15) is 0 Å². The molecule has 1 aromatic carbocycles. The lowest BCUT2D eigenvalue weighted by molar-refractivity contribution is 0.0963. The summed E-state index contributed by atoms with van der Waals surface area (Å²) in [4.78, 5) is 18.3. The molecule has 5 heteroatoms. The molecule has 0 spiro atoms. The lowest BCUT2D eigenvalue weighted by Gasteiger charge is -2.22. The zero-order chi connectivity index (χ0) is 17.5. The average molecular weight is 330 g/mol. The molecule has 1 aromatic rings. The van der Waals surface area contributed by atoms with Gasteiger partial charge < -0.3 is 15.5 Å². The standard InChI is InChI=1S/C19H30N4O/c1-14(2)11-16-9-10-23(13-16)19(21-4)22-12-15-5-7-17(8-6-15)18(24)20-3/h5-8,14,16H,9-13H2,1-4H3,(H,20,24)(H,21,22). The molecule has 132 valence electrons. The van der Waals surface area contributed by atoms with Crippen molar-refractivity contribution in [1.82, 2.24) is 15.5 Å². The summed E-state index contributed by atoms with van der Waals surface area (Å²) in [5, 5.41) is 6.07. The molecule has 0 aliphatic carbocycles. The second kappa shape index (κ2) is 8.71. The van der Waals surface area contributed by atoms with E-state index < -0.39 is 0 Å². The van der Waals surface area contributed by atoms with Crippen LogP contribution >= 0.6 is 0 Å². The van der Waals surface area contributed by atoms with Crippen molar-refractivity contribution in [2.24, 2.45) is 16.8 Å². The summed E-state index contributed by atoms with van der Waals surface area (Å²) >= 11 is 0. The lowest BCUT2D eigenvalue weighted by atomic mass is 9.97. The van der Waals surface area contributed by atoms with Gasteiger partial charge in [-0.3, -0.25) is 9.79 Å². The first-order valence-electron chi connectivity index (χ1n) is 8.80. The molecule has 2 rings (SSSR count). The third-order valence-corrected chi connectivity index (χ3v) is 4.50. The van der Waals surface area contributed by atoms with E-state index in [9.17, 15) is 4.79 Å². The summed E-state index contributed by atoms with van der Waals surface area (Å²) in [7, 11) is 3.48. The Bertz CT molecular complexity index is 565. The van der Waals surface area contributed by atoms with E-state index in [1.807, 2.05) is 31.3 Å². The number of benzene rings is 1. The van der Waals surface area contributed by atoms with Crippen LogP contribution in [0, 0.1) is 11.8 Å². The summed E-state index contributed by atoms with van der Waals surface area (Å²) in [6, 6.07) is 7.67. The van der Waals surface area contributed by atoms with Crippen LogP contribution in [0.5, 0.6) is 0 Å². The molecule has 1 fully saturated rings. The molecule has 1 unspecified atom stereocenters. The minimum Gasteiger partial charge on any atom is -0.355 e. The molecule has 2 N–H and O–H groups in total. The molecule has 0 bridgehead atoms. The predicted octanol–water partition coefficient (Wildman–Crippen LogP) is 2.49. The molecule has 1 aliphatic heterocycles. The maximum Gasteiger partial charge on any atom is 0.251 e. The number of hydrogen-bond donors (Lipinski definition) is 2. The summed E-state index contributed by atoms with van der Waals surface area (Å²) < 4.78 is 0. The fourth-order valence-electron chi connectivity index (χ4n) is 3.32. The lowest BCUT2D eigenvalue weighted by Crippen LogP contribution is -2.39. The fourth-order valence-corrected chi connectivity index (χ4v) is 3.32. The van der Waals surface area contributed by atoms with Crippen molar-refractivity contribution < 1.29 is 4.79 Å². The molecule has 1 amide bonds. The third kappa shape index (κ3) is 4.98. The second-order valence-corrected chi connectivity index (χ2v) is 6.91. The number of carbonyl (C=O) groups excluding carboxylic acids is 1. The summed E-state index contributed by atoms with van der Waals surface area (Å²) in [6.45, 7) is 7.46. The number of guanidine groups is 1. The summed E-state index contributed by atoms with van der Waals surface area (Å²) in [6.07, 6.45) is 2.54. The van der Waals surface area contributed by atoms with Crippen molar-refractivity contribution in [2.75, 3.05) is 27.2 Å². The Labute approximate surface area is 145 Å². The van der Waals surface area contributed by atoms with E-state index in [0.717, 1.165) is 36.4 Å². The van der Waals surface area contributed by atoms with Gasteiger partial charge in [0.15, 0.2) is 5.96 Å². The van der Waals surface area contributed by atoms with Crippen molar-refractivity contribution in [3.8, 4) is 0 Å². The van der Waals surface area contributed by atoms with Crippen molar-refractivity contribution in [3.05, 3.63) is 35.4 Å². The van der Waals surface area contributed by atoms with Crippen molar-refractivity contribution >= 4 is 11.9 Å². The van der Waals surface area contributed by atoms with E-state index in [0.29, 0.717) is 12.1 Å². The highest BCUT2D eigenvalue weighted by Gasteiger charge is 2.25. The van der Waals surface area contributed by atoms with Crippen LogP contribution in [0.15, 0.2) is 29.3 Å². The molecule has 1 saturated heterocycles. The highest BCUT2D eigenvalue weighted by molar-refractivity contribution is 5.93. The monoisotopic (exact) mass is 330 g/mol. The minimum atomic E-state index is -0.0569. The van der Waals surface area contributed by atoms with Gasteiger partial charge in [0.2, 0.25) is 0 Å². The Hall–Kier alpha value is -2.04. The second-order valence-electron chi connectivity index (χ2n) is 6.91. The van der Waals surface area contributed by atoms with Crippen LogP contribution in [0.2, 0.25) is 0 Å². The molecule has 1 atom stereocenters. The van der Waals surface area contributed by atoms with Crippen molar-refractivity contribution in [1.29, 1.82) is 0 Å². The predicted molar refractivity (Wildman–Crippen MR) is 99.2 cm³/mol. The van der Waals surface area contributed by atoms with E-state index in [4.69, 9.17) is 0 Å². The van der Waals surface area contributed by atoms with Gasteiger partial charge in [0.05, 0.1) is 0 Å². The van der Waals surface area contributed by atoms with E-state index in [1.54, 1.807) is 7.05 Å². The quantitative estimate of drug-likeness (QED) is 0.644. The zero-order valence-corrected chi connectivity index (χ0v) is 15.3. The summed E-state index contributed by atoms with van der Waals surface area (Å²) in [5.74, 6) is 2.44. The first-order valence-corrected chi connectivity index (χ1v) is 8.80. The number of rotatable bonds is 5. The molecular formula is C19H30N4O. The molecular weight excluding hydrogens is 300 g/mol. The Balaban J connectivity index is 1.87. The zero-order valence-electron chi connectivity index (χ0n) is 15.3. The number of nitrogens with zero attached hydrogens (tertiary/aromatic N) is 2. The van der Waals surface area contributed by atoms with Crippen LogP contribution in [-0.4, -0.2) is 44.0 Å². The first kappa shape index (κ1) is 18.3. The third-order valence-electron chi connectivity index (χ3n) is 4.50. The maximum atomic E-state index is 11.6. The maximum absolute atomic E-state index is 11.6. The minimum absolute atomic E-state index is 0.0569. The highest BCUT2D eigenvalue weighted by atomic mass is 16.1. The Morgan fingerprint density at radius 2 is 2.04 bits per heavy atom. The van der Waals surface area contributed by atoms with Gasteiger partial charge >= 0.3 is 0 Å². The largest absolute Gasteiger partial charge is 0.355 e. The first-order chi connectivity index (χ1) is 11.5. The van der Waals surface area contributed by atoms with E-state index in [2.05, 4.69) is 34.4 Å². The fraction of sp³-hybridized carbons (Fsp3) is 0.579. The average Bonchev–Trinajstić information content (AvgIpc) is 3.03. The molecule has 0 aromatic heterocycles. The number of nitrogens with one attached hydrogen (secondary N) is 2. The molecule has 0 radical (unpaired) electrons. The van der Waals surface area contributed by atoms with E-state index in [-0.39, 0.29) is 5.91 Å². The SMILES string of the molecule is CN=C(NCc1ccc(C(=O)NC)cc1)N1CCC(CC(C)C)C1. The van der Waals surface area contributed by atoms with Crippen LogP contribution in [0.4, 0.5) is 0 Å². The smallest absolute Gasteiger partial charge is 0.251 e. The number of likely N-dealkylation sites (tertiary alicyclic amines) is 1. The van der Waals surface area contributed by atoms with Crippen LogP contribution in [0.1, 0.15) is 42.6 Å². The topological polar surface area (TPSA) is 56.7 Å². The number of amides is 1. The molecule has 24 heavy (non-hydrogen) atoms. The Morgan fingerprint density at radius 3 is 2.62 bits per heavy atom. The van der Waals surface area contributed by atoms with Gasteiger partial charge in [0.25, 0.3) is 5.91 Å². The van der Waals surface area contributed by atoms with Crippen molar-refractivity contribution in [3.63, 3.8) is 0 Å². The van der Waals surface area contributed by atoms with Crippen molar-refractivity contribution in [2.45, 2.75) is 33.2 Å². The van der Waals surface area contributed by atoms with Crippen LogP contribution in [0.25, 0.3) is 0 Å². The highest BCUT2D eigenvalue weighted by Crippen LogP contribution is 2.23. The molecule has 1 heterocycles. The normalized spacial score (nSPS) is 18.1. The summed E-state index contributed by atoms with van der Waals surface area (Å²) in [5.41, 5.74) is 1.82. The number of hydrogen-bond acceptors (Lipinski definition) is 2. The number of carbonyl (C=O) groups is 1. The van der Waals surface area contributed by atoms with E-state index in [1.165, 1.54) is 12.8 Å². The van der Waals surface area contributed by atoms with Crippen LogP contribution in [0.3, 0.4) is 0 Å². The van der Waals surface area contributed by atoms with Crippen LogP contribution in [-0.2, 0) is 6.54 Å². The van der Waals surface area contributed by atoms with Gasteiger partial charge in [-0.15, -0.1) is 0 Å². The molecule has 1 aliphatic rings. The Kier molecular flexibility index (Phi) is 6.64. The number of aliphatic imine (C=N–C) groups is 1. The van der Waals surface area contributed by atoms with Gasteiger partial charge in [-0.25, -0.2) is 0 Å². The van der Waals surface area contributed by atoms with E-state index >= 15 is 0 Å². The Morgan fingerprint density at radius 1 is 1.33 bits per heavy atom. The van der Waals surface area contributed by atoms with Gasteiger partial charge in [-0.2, -0.15) is 0 Å². The van der Waals surface area contributed by atoms with Gasteiger partial charge in [-0.05, 0) is 42.4 Å². The van der Waals surface area contributed by atoms with Gasteiger partial charge in [0, 0.05) is 39.3 Å². The van der Waals surface area contributed by atoms with Gasteiger partial charge in [-0.1, -0.05) is 26.0 Å². The van der Waals surface area contributed by atoms with Crippen LogP contribution < -0.4 is 10.6 Å². The molecule has 0 saturated carbocycles.